The lowest BCUT2D eigenvalue weighted by Gasteiger charge is -2.19. The third-order valence-corrected chi connectivity index (χ3v) is 3.07. The molecule has 5 nitrogen and oxygen atoms in total. The van der Waals surface area contributed by atoms with Gasteiger partial charge in [-0.15, -0.1) is 0 Å². The first-order chi connectivity index (χ1) is 11.2. The molecule has 0 aliphatic rings. The minimum absolute atomic E-state index is 0.128. The zero-order chi connectivity index (χ0) is 18.2. The molecule has 0 aliphatic heterocycles. The standard InChI is InChI=1S/C15H19F4N3O2/c1-2-22(9-14(24)21-10-15(17,18)19)8-13(23)20-7-11-3-5-12(16)6-4-11/h3-6H,2,7-10H2,1H3,(H,20,23)(H,21,24). The Labute approximate surface area is 137 Å². The molecule has 134 valence electrons. The third kappa shape index (κ3) is 8.47. The number of likely N-dealkylation sites (N-methyl/N-ethyl adjacent to an activating group) is 1. The van der Waals surface area contributed by atoms with Crippen LogP contribution in [0.2, 0.25) is 0 Å². The van der Waals surface area contributed by atoms with E-state index >= 15 is 0 Å². The molecule has 0 aromatic heterocycles. The van der Waals surface area contributed by atoms with Crippen molar-refractivity contribution >= 4 is 11.8 Å². The predicted octanol–water partition coefficient (Wildman–Crippen LogP) is 1.44. The van der Waals surface area contributed by atoms with E-state index in [1.54, 1.807) is 12.2 Å². The van der Waals surface area contributed by atoms with Gasteiger partial charge in [0.25, 0.3) is 0 Å². The lowest BCUT2D eigenvalue weighted by molar-refractivity contribution is -0.139. The lowest BCUT2D eigenvalue weighted by Crippen LogP contribution is -2.44. The highest BCUT2D eigenvalue weighted by Gasteiger charge is 2.28. The molecule has 0 bridgehead atoms. The van der Waals surface area contributed by atoms with Gasteiger partial charge in [-0.1, -0.05) is 19.1 Å². The van der Waals surface area contributed by atoms with E-state index in [0.29, 0.717) is 12.1 Å². The summed E-state index contributed by atoms with van der Waals surface area (Å²) >= 11 is 0. The van der Waals surface area contributed by atoms with Crippen LogP contribution in [0.25, 0.3) is 0 Å². The maximum Gasteiger partial charge on any atom is 0.405 e. The first kappa shape index (κ1) is 19.9. The average Bonchev–Trinajstić information content (AvgIpc) is 2.51. The lowest BCUT2D eigenvalue weighted by atomic mass is 10.2. The van der Waals surface area contributed by atoms with E-state index in [1.165, 1.54) is 29.2 Å². The summed E-state index contributed by atoms with van der Waals surface area (Å²) in [6.45, 7) is 0.360. The van der Waals surface area contributed by atoms with Crippen molar-refractivity contribution in [3.63, 3.8) is 0 Å². The van der Waals surface area contributed by atoms with Crippen LogP contribution in [0.3, 0.4) is 0 Å². The highest BCUT2D eigenvalue weighted by Crippen LogP contribution is 2.12. The predicted molar refractivity (Wildman–Crippen MR) is 79.4 cm³/mol. The summed E-state index contributed by atoms with van der Waals surface area (Å²) in [4.78, 5) is 24.7. The van der Waals surface area contributed by atoms with Crippen LogP contribution in [-0.4, -0.2) is 49.1 Å². The molecule has 0 aliphatic carbocycles. The van der Waals surface area contributed by atoms with Gasteiger partial charge in [0.15, 0.2) is 0 Å². The van der Waals surface area contributed by atoms with Crippen molar-refractivity contribution in [3.8, 4) is 0 Å². The zero-order valence-corrected chi connectivity index (χ0v) is 13.1. The molecule has 1 aromatic rings. The summed E-state index contributed by atoms with van der Waals surface area (Å²) in [7, 11) is 0. The number of nitrogens with one attached hydrogen (secondary N) is 2. The van der Waals surface area contributed by atoms with Gasteiger partial charge in [-0.25, -0.2) is 4.39 Å². The Hall–Kier alpha value is -2.16. The minimum Gasteiger partial charge on any atom is -0.351 e. The van der Waals surface area contributed by atoms with Crippen LogP contribution in [0, 0.1) is 5.82 Å². The smallest absolute Gasteiger partial charge is 0.351 e. The average molecular weight is 349 g/mol. The van der Waals surface area contributed by atoms with Crippen LogP contribution in [0.1, 0.15) is 12.5 Å². The second-order valence-corrected chi connectivity index (χ2v) is 5.10. The summed E-state index contributed by atoms with van der Waals surface area (Å²) in [5.74, 6) is -1.57. The molecule has 24 heavy (non-hydrogen) atoms. The van der Waals surface area contributed by atoms with E-state index in [2.05, 4.69) is 5.32 Å². The fourth-order valence-electron chi connectivity index (χ4n) is 1.80. The number of halogens is 4. The molecule has 0 fully saturated rings. The quantitative estimate of drug-likeness (QED) is 0.699. The summed E-state index contributed by atoms with van der Waals surface area (Å²) in [5, 5.41) is 4.35. The fraction of sp³-hybridized carbons (Fsp3) is 0.467. The molecule has 1 rings (SSSR count). The Balaban J connectivity index is 2.36. The Bertz CT molecular complexity index is 547. The van der Waals surface area contributed by atoms with Gasteiger partial charge in [-0.3, -0.25) is 14.5 Å². The third-order valence-electron chi connectivity index (χ3n) is 3.07. The molecule has 0 atom stereocenters. The van der Waals surface area contributed by atoms with Crippen molar-refractivity contribution < 1.29 is 27.2 Å². The van der Waals surface area contributed by atoms with E-state index in [1.807, 2.05) is 0 Å². The summed E-state index contributed by atoms with van der Waals surface area (Å²) in [6.07, 6.45) is -4.47. The molecule has 0 heterocycles. The second-order valence-electron chi connectivity index (χ2n) is 5.10. The number of alkyl halides is 3. The topological polar surface area (TPSA) is 61.4 Å². The molecular formula is C15H19F4N3O2. The van der Waals surface area contributed by atoms with E-state index < -0.39 is 18.6 Å². The Morgan fingerprint density at radius 2 is 1.58 bits per heavy atom. The Morgan fingerprint density at radius 1 is 1.04 bits per heavy atom. The number of hydrogen-bond donors (Lipinski definition) is 2. The van der Waals surface area contributed by atoms with Crippen molar-refractivity contribution in [1.82, 2.24) is 15.5 Å². The Morgan fingerprint density at radius 3 is 2.08 bits per heavy atom. The van der Waals surface area contributed by atoms with Gasteiger partial charge >= 0.3 is 6.18 Å². The highest BCUT2D eigenvalue weighted by molar-refractivity contribution is 5.81. The van der Waals surface area contributed by atoms with Crippen molar-refractivity contribution in [1.29, 1.82) is 0 Å². The number of benzene rings is 1. The maximum atomic E-state index is 12.8. The van der Waals surface area contributed by atoms with Gasteiger partial charge in [0.1, 0.15) is 12.4 Å². The minimum atomic E-state index is -4.47. The summed E-state index contributed by atoms with van der Waals surface area (Å²) < 4.78 is 48.8. The van der Waals surface area contributed by atoms with Gasteiger partial charge in [0.2, 0.25) is 11.8 Å². The van der Waals surface area contributed by atoms with Crippen LogP contribution >= 0.6 is 0 Å². The van der Waals surface area contributed by atoms with Gasteiger partial charge in [0, 0.05) is 6.54 Å². The number of nitrogens with zero attached hydrogens (tertiary/aromatic N) is 1. The zero-order valence-electron chi connectivity index (χ0n) is 13.1. The van der Waals surface area contributed by atoms with E-state index in [-0.39, 0.29) is 31.4 Å². The largest absolute Gasteiger partial charge is 0.405 e. The first-order valence-corrected chi connectivity index (χ1v) is 7.26. The SMILES string of the molecule is CCN(CC(=O)NCc1ccc(F)cc1)CC(=O)NCC(F)(F)F. The van der Waals surface area contributed by atoms with Crippen LogP contribution in [-0.2, 0) is 16.1 Å². The van der Waals surface area contributed by atoms with Crippen LogP contribution in [0.15, 0.2) is 24.3 Å². The van der Waals surface area contributed by atoms with Crippen molar-refractivity contribution in [2.75, 3.05) is 26.2 Å². The molecule has 0 spiro atoms. The number of amides is 2. The van der Waals surface area contributed by atoms with Crippen LogP contribution < -0.4 is 10.6 Å². The van der Waals surface area contributed by atoms with E-state index in [9.17, 15) is 27.2 Å². The molecule has 2 N–H and O–H groups in total. The summed E-state index contributed by atoms with van der Waals surface area (Å²) in [5.41, 5.74) is 0.704. The fourth-order valence-corrected chi connectivity index (χ4v) is 1.80. The second kappa shape index (κ2) is 9.21. The molecule has 0 saturated heterocycles. The van der Waals surface area contributed by atoms with Crippen LogP contribution in [0.5, 0.6) is 0 Å². The molecule has 0 radical (unpaired) electrons. The molecule has 2 amide bonds. The van der Waals surface area contributed by atoms with Crippen molar-refractivity contribution in [2.45, 2.75) is 19.6 Å². The van der Waals surface area contributed by atoms with Crippen molar-refractivity contribution in [2.24, 2.45) is 0 Å². The highest BCUT2D eigenvalue weighted by atomic mass is 19.4. The molecule has 0 unspecified atom stereocenters. The normalized spacial score (nSPS) is 11.4. The summed E-state index contributed by atoms with van der Waals surface area (Å²) in [6, 6.07) is 5.59. The van der Waals surface area contributed by atoms with Gasteiger partial charge < -0.3 is 10.6 Å². The molecule has 9 heteroatoms. The van der Waals surface area contributed by atoms with Gasteiger partial charge in [-0.05, 0) is 24.2 Å². The van der Waals surface area contributed by atoms with E-state index in [4.69, 9.17) is 0 Å². The maximum absolute atomic E-state index is 12.8. The van der Waals surface area contributed by atoms with Gasteiger partial charge in [-0.2, -0.15) is 13.2 Å². The molecule has 0 saturated carbocycles. The molecule has 1 aromatic carbocycles. The van der Waals surface area contributed by atoms with E-state index in [0.717, 1.165) is 0 Å². The number of carbonyl (C=O) groups is 2. The van der Waals surface area contributed by atoms with Crippen molar-refractivity contribution in [3.05, 3.63) is 35.6 Å². The number of hydrogen-bond acceptors (Lipinski definition) is 3. The number of rotatable bonds is 8. The van der Waals surface area contributed by atoms with Crippen LogP contribution in [0.4, 0.5) is 17.6 Å². The monoisotopic (exact) mass is 349 g/mol. The first-order valence-electron chi connectivity index (χ1n) is 7.26. The van der Waals surface area contributed by atoms with Gasteiger partial charge in [0.05, 0.1) is 13.1 Å². The number of carbonyl (C=O) groups excluding carboxylic acids is 2. The molecular weight excluding hydrogens is 330 g/mol. The Kier molecular flexibility index (Phi) is 7.63.